The second-order valence-electron chi connectivity index (χ2n) is 4.08. The number of nitrogens with one attached hydrogen (secondary N) is 2. The summed E-state index contributed by atoms with van der Waals surface area (Å²) in [5.74, 6) is 0. The molecule has 1 rings (SSSR count). The minimum Gasteiger partial charge on any atom is -0.446 e. The van der Waals surface area contributed by atoms with Crippen LogP contribution >= 0.6 is 0 Å². The molecule has 1 amide bonds. The number of piperidine rings is 1. The van der Waals surface area contributed by atoms with Crippen LogP contribution in [0.15, 0.2) is 36.6 Å². The lowest BCUT2D eigenvalue weighted by Gasteiger charge is -2.23. The zero-order valence-corrected chi connectivity index (χ0v) is 10.3. The van der Waals surface area contributed by atoms with Crippen molar-refractivity contribution in [1.29, 1.82) is 0 Å². The molecule has 0 bridgehead atoms. The lowest BCUT2D eigenvalue weighted by atomic mass is 10.1. The summed E-state index contributed by atoms with van der Waals surface area (Å²) in [5.41, 5.74) is 1.41. The Morgan fingerprint density at radius 2 is 2.12 bits per heavy atom. The van der Waals surface area contributed by atoms with Crippen LogP contribution in [0.1, 0.15) is 19.8 Å². The van der Waals surface area contributed by atoms with Crippen molar-refractivity contribution in [3.05, 3.63) is 36.6 Å². The van der Waals surface area contributed by atoms with Crippen molar-refractivity contribution in [2.75, 3.05) is 13.1 Å². The Kier molecular flexibility index (Phi) is 5.49. The fourth-order valence-corrected chi connectivity index (χ4v) is 1.61. The largest absolute Gasteiger partial charge is 0.446 e. The summed E-state index contributed by atoms with van der Waals surface area (Å²) < 4.78 is 5.31. The summed E-state index contributed by atoms with van der Waals surface area (Å²) in [7, 11) is 0. The van der Waals surface area contributed by atoms with E-state index in [2.05, 4.69) is 23.8 Å². The van der Waals surface area contributed by atoms with E-state index in [0.29, 0.717) is 5.70 Å². The van der Waals surface area contributed by atoms with Crippen molar-refractivity contribution < 1.29 is 9.53 Å². The van der Waals surface area contributed by atoms with Gasteiger partial charge in [0.2, 0.25) is 0 Å². The molecule has 1 aliphatic heterocycles. The van der Waals surface area contributed by atoms with Gasteiger partial charge in [0, 0.05) is 5.70 Å². The molecular weight excluding hydrogens is 216 g/mol. The normalized spacial score (nSPS) is 17.4. The Bertz CT molecular complexity index is 328. The van der Waals surface area contributed by atoms with Crippen molar-refractivity contribution in [2.45, 2.75) is 25.9 Å². The summed E-state index contributed by atoms with van der Waals surface area (Å²) >= 11 is 0. The maximum Gasteiger partial charge on any atom is 0.411 e. The third-order valence-corrected chi connectivity index (χ3v) is 2.54. The average Bonchev–Trinajstić information content (AvgIpc) is 2.29. The maximum absolute atomic E-state index is 11.6. The molecule has 0 aliphatic carbocycles. The number of hydrogen-bond acceptors (Lipinski definition) is 3. The van der Waals surface area contributed by atoms with Gasteiger partial charge in [-0.05, 0) is 44.5 Å². The first kappa shape index (κ1) is 13.5. The van der Waals surface area contributed by atoms with Crippen LogP contribution in [0, 0.1) is 0 Å². The first-order valence-corrected chi connectivity index (χ1v) is 5.80. The molecule has 1 heterocycles. The zero-order valence-electron chi connectivity index (χ0n) is 10.3. The average molecular weight is 236 g/mol. The Labute approximate surface area is 102 Å². The van der Waals surface area contributed by atoms with Crippen molar-refractivity contribution in [3.8, 4) is 0 Å². The van der Waals surface area contributed by atoms with Crippen molar-refractivity contribution in [2.24, 2.45) is 0 Å². The third-order valence-electron chi connectivity index (χ3n) is 2.54. The monoisotopic (exact) mass is 236 g/mol. The second-order valence-corrected chi connectivity index (χ2v) is 4.08. The van der Waals surface area contributed by atoms with Gasteiger partial charge in [0.05, 0.1) is 0 Å². The van der Waals surface area contributed by atoms with E-state index in [1.807, 2.05) is 6.92 Å². The number of carbonyl (C=O) groups is 1. The summed E-state index contributed by atoms with van der Waals surface area (Å²) in [6.45, 7) is 11.0. The molecule has 0 aromatic rings. The molecule has 94 valence electrons. The van der Waals surface area contributed by atoms with E-state index in [4.69, 9.17) is 4.74 Å². The van der Waals surface area contributed by atoms with E-state index in [1.165, 1.54) is 0 Å². The molecule has 4 nitrogen and oxygen atoms in total. The highest BCUT2D eigenvalue weighted by Crippen LogP contribution is 2.09. The van der Waals surface area contributed by atoms with Crippen molar-refractivity contribution in [3.63, 3.8) is 0 Å². The van der Waals surface area contributed by atoms with Crippen LogP contribution in [-0.2, 0) is 4.74 Å². The van der Waals surface area contributed by atoms with Gasteiger partial charge in [-0.1, -0.05) is 19.2 Å². The molecule has 0 aromatic carbocycles. The Morgan fingerprint density at radius 1 is 1.47 bits per heavy atom. The first-order valence-electron chi connectivity index (χ1n) is 5.80. The van der Waals surface area contributed by atoms with Gasteiger partial charge in [-0.3, -0.25) is 5.32 Å². The summed E-state index contributed by atoms with van der Waals surface area (Å²) in [5, 5.41) is 5.89. The van der Waals surface area contributed by atoms with Gasteiger partial charge in [0.15, 0.2) is 0 Å². The van der Waals surface area contributed by atoms with Gasteiger partial charge in [-0.15, -0.1) is 0 Å². The molecule has 17 heavy (non-hydrogen) atoms. The summed E-state index contributed by atoms with van der Waals surface area (Å²) in [4.78, 5) is 11.6. The highest BCUT2D eigenvalue weighted by atomic mass is 16.6. The van der Waals surface area contributed by atoms with Crippen LogP contribution in [0.5, 0.6) is 0 Å². The number of carbonyl (C=O) groups excluding carboxylic acids is 1. The van der Waals surface area contributed by atoms with Gasteiger partial charge in [-0.2, -0.15) is 0 Å². The lowest BCUT2D eigenvalue weighted by Crippen LogP contribution is -2.36. The summed E-state index contributed by atoms with van der Waals surface area (Å²) in [6, 6.07) is 0. The van der Waals surface area contributed by atoms with E-state index < -0.39 is 6.09 Å². The number of alkyl carbamates (subject to hydrolysis) is 1. The van der Waals surface area contributed by atoms with E-state index in [1.54, 1.807) is 12.2 Å². The summed E-state index contributed by atoms with van der Waals surface area (Å²) in [6.07, 6.45) is 4.61. The van der Waals surface area contributed by atoms with E-state index in [-0.39, 0.29) is 6.10 Å². The molecular formula is C13H20N2O2. The molecule has 4 heteroatoms. The number of amides is 1. The Hall–Kier alpha value is -1.55. The van der Waals surface area contributed by atoms with Crippen LogP contribution in [0.25, 0.3) is 0 Å². The molecule has 1 saturated heterocycles. The minimum absolute atomic E-state index is 0.00588. The van der Waals surface area contributed by atoms with Crippen LogP contribution in [0.2, 0.25) is 0 Å². The number of allylic oxidation sites excluding steroid dienone is 3. The van der Waals surface area contributed by atoms with E-state index in [9.17, 15) is 4.79 Å². The van der Waals surface area contributed by atoms with E-state index >= 15 is 0 Å². The highest BCUT2D eigenvalue weighted by molar-refractivity contribution is 5.71. The molecule has 2 N–H and O–H groups in total. The Morgan fingerprint density at radius 3 is 2.65 bits per heavy atom. The van der Waals surface area contributed by atoms with Gasteiger partial charge < -0.3 is 10.1 Å². The van der Waals surface area contributed by atoms with Crippen LogP contribution in [-0.4, -0.2) is 25.3 Å². The van der Waals surface area contributed by atoms with Gasteiger partial charge in [-0.25, -0.2) is 4.79 Å². The van der Waals surface area contributed by atoms with Gasteiger partial charge >= 0.3 is 6.09 Å². The molecule has 0 aromatic heterocycles. The molecule has 0 saturated carbocycles. The van der Waals surface area contributed by atoms with Gasteiger partial charge in [0.1, 0.15) is 6.10 Å². The van der Waals surface area contributed by atoms with Crippen LogP contribution in [0.4, 0.5) is 4.79 Å². The quantitative estimate of drug-likeness (QED) is 0.735. The van der Waals surface area contributed by atoms with Crippen LogP contribution < -0.4 is 10.6 Å². The predicted octanol–water partition coefficient (Wildman–Crippen LogP) is 2.11. The molecule has 0 spiro atoms. The number of rotatable bonds is 4. The first-order chi connectivity index (χ1) is 8.13. The SMILES string of the molecule is C=C/C=C(/NC(=O)OC1CCNCC1)C(=C)C. The third kappa shape index (κ3) is 4.87. The van der Waals surface area contributed by atoms with Gasteiger partial charge in [0.25, 0.3) is 0 Å². The Balaban J connectivity index is 2.44. The maximum atomic E-state index is 11.6. The fourth-order valence-electron chi connectivity index (χ4n) is 1.61. The zero-order chi connectivity index (χ0) is 12.7. The second kappa shape index (κ2) is 6.91. The fraction of sp³-hybridized carbons (Fsp3) is 0.462. The standard InChI is InChI=1S/C13H20N2O2/c1-4-5-12(10(2)3)15-13(16)17-11-6-8-14-9-7-11/h4-5,11,14H,1-2,6-9H2,3H3,(H,15,16)/b12-5+. The van der Waals surface area contributed by atoms with Crippen molar-refractivity contribution >= 4 is 6.09 Å². The smallest absolute Gasteiger partial charge is 0.411 e. The number of ether oxygens (including phenoxy) is 1. The topological polar surface area (TPSA) is 50.4 Å². The minimum atomic E-state index is -0.423. The highest BCUT2D eigenvalue weighted by Gasteiger charge is 2.17. The number of hydrogen-bond donors (Lipinski definition) is 2. The van der Waals surface area contributed by atoms with Crippen LogP contribution in [0.3, 0.4) is 0 Å². The molecule has 0 unspecified atom stereocenters. The lowest BCUT2D eigenvalue weighted by molar-refractivity contribution is 0.0816. The molecule has 0 atom stereocenters. The molecule has 1 fully saturated rings. The molecule has 0 radical (unpaired) electrons. The van der Waals surface area contributed by atoms with Crippen molar-refractivity contribution in [1.82, 2.24) is 10.6 Å². The predicted molar refractivity (Wildman–Crippen MR) is 68.6 cm³/mol. The van der Waals surface area contributed by atoms with E-state index in [0.717, 1.165) is 31.5 Å². The molecule has 1 aliphatic rings.